The van der Waals surface area contributed by atoms with Crippen molar-refractivity contribution >= 4 is 5.91 Å². The van der Waals surface area contributed by atoms with Crippen molar-refractivity contribution in [3.63, 3.8) is 0 Å². The van der Waals surface area contributed by atoms with Gasteiger partial charge in [0.25, 0.3) is 0 Å². The van der Waals surface area contributed by atoms with Gasteiger partial charge in [-0.3, -0.25) is 14.6 Å². The second-order valence-electron chi connectivity index (χ2n) is 6.59. The van der Waals surface area contributed by atoms with Crippen molar-refractivity contribution in [1.82, 2.24) is 24.7 Å². The van der Waals surface area contributed by atoms with Crippen LogP contribution in [0.1, 0.15) is 18.7 Å². The molecular weight excluding hydrogens is 297 g/mol. The second-order valence-corrected chi connectivity index (χ2v) is 6.59. The summed E-state index contributed by atoms with van der Waals surface area (Å²) in [6, 6.07) is 1.80. The zero-order valence-electron chi connectivity index (χ0n) is 13.7. The van der Waals surface area contributed by atoms with Crippen LogP contribution in [0.5, 0.6) is 0 Å². The van der Waals surface area contributed by atoms with Crippen molar-refractivity contribution in [2.45, 2.75) is 37.6 Å². The van der Waals surface area contributed by atoms with Crippen molar-refractivity contribution in [3.05, 3.63) is 24.3 Å². The lowest BCUT2D eigenvalue weighted by Gasteiger charge is -2.30. The van der Waals surface area contributed by atoms with Gasteiger partial charge in [-0.1, -0.05) is 0 Å². The van der Waals surface area contributed by atoms with Crippen molar-refractivity contribution in [3.8, 4) is 0 Å². The quantitative estimate of drug-likeness (QED) is 0.793. The van der Waals surface area contributed by atoms with Crippen LogP contribution in [0.4, 0.5) is 4.39 Å². The highest BCUT2D eigenvalue weighted by molar-refractivity contribution is 5.83. The van der Waals surface area contributed by atoms with E-state index in [2.05, 4.69) is 19.8 Å². The molecule has 1 amide bonds. The summed E-state index contributed by atoms with van der Waals surface area (Å²) in [7, 11) is 3.80. The van der Waals surface area contributed by atoms with Crippen molar-refractivity contribution in [1.29, 1.82) is 0 Å². The molecule has 0 radical (unpaired) electrons. The van der Waals surface area contributed by atoms with Crippen LogP contribution in [0, 0.1) is 0 Å². The number of amides is 1. The first kappa shape index (κ1) is 16.3. The Morgan fingerprint density at radius 1 is 1.39 bits per heavy atom. The standard InChI is InChI=1S/C16H24FN5O/c1-20-7-4-14(16(20)23)21(2)10-13-8-12(17)9-22(13)11-15-18-5-3-6-19-15/h3,5-6,12-14H,4,7-11H2,1-2H3/t12-,13-,14+/m0/s1. The Labute approximate surface area is 136 Å². The summed E-state index contributed by atoms with van der Waals surface area (Å²) in [6.07, 6.45) is 3.95. The van der Waals surface area contributed by atoms with E-state index in [1.165, 1.54) is 0 Å². The number of carbonyl (C=O) groups excluding carboxylic acids is 1. The molecule has 3 heterocycles. The minimum atomic E-state index is -0.820. The maximum Gasteiger partial charge on any atom is 0.239 e. The third-order valence-corrected chi connectivity index (χ3v) is 4.87. The SMILES string of the molecule is CN1CC[C@@H](N(C)C[C@@H]2C[C@H](F)CN2Cc2ncccn2)C1=O. The lowest BCUT2D eigenvalue weighted by molar-refractivity contribution is -0.130. The number of likely N-dealkylation sites (N-methyl/N-ethyl adjacent to an activating group) is 2. The molecule has 1 aromatic rings. The summed E-state index contributed by atoms with van der Waals surface area (Å²) in [5.41, 5.74) is 0. The number of alkyl halides is 1. The first-order valence-corrected chi connectivity index (χ1v) is 8.14. The Bertz CT molecular complexity index is 543. The molecule has 7 heteroatoms. The van der Waals surface area contributed by atoms with Gasteiger partial charge in [0.05, 0.1) is 12.6 Å². The topological polar surface area (TPSA) is 52.6 Å². The minimum absolute atomic E-state index is 0.0755. The molecule has 0 N–H and O–H groups in total. The van der Waals surface area contributed by atoms with E-state index in [0.29, 0.717) is 31.9 Å². The van der Waals surface area contributed by atoms with Gasteiger partial charge in [-0.15, -0.1) is 0 Å². The monoisotopic (exact) mass is 321 g/mol. The van der Waals surface area contributed by atoms with Crippen molar-refractivity contribution < 1.29 is 9.18 Å². The third kappa shape index (κ3) is 3.67. The van der Waals surface area contributed by atoms with Crippen molar-refractivity contribution in [2.24, 2.45) is 0 Å². The maximum absolute atomic E-state index is 13.9. The molecule has 2 aliphatic heterocycles. The van der Waals surface area contributed by atoms with Gasteiger partial charge in [-0.25, -0.2) is 14.4 Å². The molecular formula is C16H24FN5O. The maximum atomic E-state index is 13.9. The second kappa shape index (κ2) is 6.88. The predicted molar refractivity (Wildman–Crippen MR) is 84.4 cm³/mol. The summed E-state index contributed by atoms with van der Waals surface area (Å²) in [6.45, 7) is 2.46. The average molecular weight is 321 g/mol. The van der Waals surface area contributed by atoms with Gasteiger partial charge >= 0.3 is 0 Å². The first-order chi connectivity index (χ1) is 11.0. The van der Waals surface area contributed by atoms with Crippen LogP contribution in [0.15, 0.2) is 18.5 Å². The number of nitrogens with zero attached hydrogens (tertiary/aromatic N) is 5. The summed E-state index contributed by atoms with van der Waals surface area (Å²) < 4.78 is 13.9. The Hall–Kier alpha value is -1.60. The Kier molecular flexibility index (Phi) is 4.87. The van der Waals surface area contributed by atoms with Crippen LogP contribution in [0.3, 0.4) is 0 Å². The first-order valence-electron chi connectivity index (χ1n) is 8.14. The molecule has 0 aromatic carbocycles. The molecule has 0 spiro atoms. The molecule has 0 aliphatic carbocycles. The zero-order valence-corrected chi connectivity index (χ0v) is 13.7. The summed E-state index contributed by atoms with van der Waals surface area (Å²) in [5.74, 6) is 0.881. The summed E-state index contributed by atoms with van der Waals surface area (Å²) in [5, 5.41) is 0. The predicted octanol–water partition coefficient (Wildman–Crippen LogP) is 0.551. The average Bonchev–Trinajstić information content (AvgIpc) is 3.03. The number of likely N-dealkylation sites (tertiary alicyclic amines) is 2. The molecule has 23 heavy (non-hydrogen) atoms. The molecule has 3 rings (SSSR count). The van der Waals surface area contributed by atoms with Gasteiger partial charge in [0.15, 0.2) is 0 Å². The van der Waals surface area contributed by atoms with Crippen LogP contribution in [0.25, 0.3) is 0 Å². The van der Waals surface area contributed by atoms with E-state index in [9.17, 15) is 9.18 Å². The number of carbonyl (C=O) groups is 1. The fraction of sp³-hybridized carbons (Fsp3) is 0.688. The molecule has 2 fully saturated rings. The molecule has 3 atom stereocenters. The Morgan fingerprint density at radius 3 is 2.78 bits per heavy atom. The highest BCUT2D eigenvalue weighted by Gasteiger charge is 2.37. The molecule has 126 valence electrons. The van der Waals surface area contributed by atoms with Crippen LogP contribution >= 0.6 is 0 Å². The number of hydrogen-bond acceptors (Lipinski definition) is 5. The third-order valence-electron chi connectivity index (χ3n) is 4.87. The van der Waals surface area contributed by atoms with E-state index in [4.69, 9.17) is 0 Å². The van der Waals surface area contributed by atoms with Gasteiger partial charge in [0.1, 0.15) is 12.0 Å². The van der Waals surface area contributed by atoms with Crippen LogP contribution in [0.2, 0.25) is 0 Å². The normalized spacial score (nSPS) is 29.0. The highest BCUT2D eigenvalue weighted by Crippen LogP contribution is 2.24. The molecule has 0 bridgehead atoms. The largest absolute Gasteiger partial charge is 0.344 e. The van der Waals surface area contributed by atoms with Crippen molar-refractivity contribution in [2.75, 3.05) is 33.7 Å². The van der Waals surface area contributed by atoms with Crippen LogP contribution in [-0.4, -0.2) is 82.6 Å². The van der Waals surface area contributed by atoms with Gasteiger partial charge in [0.2, 0.25) is 5.91 Å². The van der Waals surface area contributed by atoms with Crippen LogP contribution in [-0.2, 0) is 11.3 Å². The van der Waals surface area contributed by atoms with E-state index in [1.807, 2.05) is 14.1 Å². The molecule has 0 saturated carbocycles. The number of halogens is 1. The van der Waals surface area contributed by atoms with E-state index in [1.54, 1.807) is 23.4 Å². The fourth-order valence-electron chi connectivity index (χ4n) is 3.57. The van der Waals surface area contributed by atoms with Gasteiger partial charge < -0.3 is 4.90 Å². The van der Waals surface area contributed by atoms with E-state index in [0.717, 1.165) is 13.0 Å². The number of rotatable bonds is 5. The van der Waals surface area contributed by atoms with Gasteiger partial charge in [-0.05, 0) is 26.0 Å². The van der Waals surface area contributed by atoms with Gasteiger partial charge in [0, 0.05) is 45.1 Å². The smallest absolute Gasteiger partial charge is 0.239 e. The van der Waals surface area contributed by atoms with Crippen LogP contribution < -0.4 is 0 Å². The zero-order chi connectivity index (χ0) is 16.4. The van der Waals surface area contributed by atoms with Gasteiger partial charge in [-0.2, -0.15) is 0 Å². The fourth-order valence-corrected chi connectivity index (χ4v) is 3.57. The summed E-state index contributed by atoms with van der Waals surface area (Å²) in [4.78, 5) is 26.5. The molecule has 1 aromatic heterocycles. The Morgan fingerprint density at radius 2 is 2.13 bits per heavy atom. The van der Waals surface area contributed by atoms with E-state index >= 15 is 0 Å². The molecule has 0 unspecified atom stereocenters. The summed E-state index contributed by atoms with van der Waals surface area (Å²) >= 11 is 0. The molecule has 2 aliphatic rings. The van der Waals surface area contributed by atoms with E-state index in [-0.39, 0.29) is 18.0 Å². The molecule has 2 saturated heterocycles. The minimum Gasteiger partial charge on any atom is -0.344 e. The molecule has 6 nitrogen and oxygen atoms in total. The Balaban J connectivity index is 1.62. The highest BCUT2D eigenvalue weighted by atomic mass is 19.1. The number of hydrogen-bond donors (Lipinski definition) is 0. The number of aromatic nitrogens is 2. The lowest BCUT2D eigenvalue weighted by Crippen LogP contribution is -2.45. The van der Waals surface area contributed by atoms with E-state index < -0.39 is 6.17 Å². The lowest BCUT2D eigenvalue weighted by atomic mass is 10.1.